The van der Waals surface area contributed by atoms with Crippen LogP contribution in [-0.2, 0) is 6.54 Å². The normalized spacial score (nSPS) is 10.9. The van der Waals surface area contributed by atoms with E-state index in [4.69, 9.17) is 0 Å². The van der Waals surface area contributed by atoms with Crippen LogP contribution in [0.15, 0.2) is 23.2 Å². The molecule has 20 heavy (non-hydrogen) atoms. The molecule has 2 N–H and O–H groups in total. The second kappa shape index (κ2) is 10.8. The summed E-state index contributed by atoms with van der Waals surface area (Å²) in [6.07, 6.45) is 3.37. The Morgan fingerprint density at radius 3 is 2.60 bits per heavy atom. The van der Waals surface area contributed by atoms with E-state index in [0.717, 1.165) is 37.9 Å². The van der Waals surface area contributed by atoms with Gasteiger partial charge in [-0.1, -0.05) is 19.8 Å². The number of halogens is 3. The van der Waals surface area contributed by atoms with Gasteiger partial charge < -0.3 is 10.6 Å². The largest absolute Gasteiger partial charge is 0.356 e. The van der Waals surface area contributed by atoms with E-state index in [9.17, 15) is 8.78 Å². The molecular weight excluding hydrogens is 375 g/mol. The molecule has 0 heterocycles. The molecule has 0 saturated carbocycles. The summed E-state index contributed by atoms with van der Waals surface area (Å²) in [5.74, 6) is -0.265. The van der Waals surface area contributed by atoms with Crippen molar-refractivity contribution >= 4 is 29.9 Å². The topological polar surface area (TPSA) is 36.4 Å². The van der Waals surface area contributed by atoms with Crippen LogP contribution in [0, 0.1) is 11.6 Å². The second-order valence-corrected chi connectivity index (χ2v) is 4.30. The van der Waals surface area contributed by atoms with Gasteiger partial charge in [0.05, 0.1) is 0 Å². The average molecular weight is 397 g/mol. The molecule has 0 aromatic heterocycles. The summed E-state index contributed by atoms with van der Waals surface area (Å²) in [7, 11) is 1.65. The Labute approximate surface area is 136 Å². The third kappa shape index (κ3) is 7.02. The van der Waals surface area contributed by atoms with Crippen molar-refractivity contribution < 1.29 is 8.78 Å². The summed E-state index contributed by atoms with van der Waals surface area (Å²) in [4.78, 5) is 4.03. The van der Waals surface area contributed by atoms with Crippen molar-refractivity contribution in [3.63, 3.8) is 0 Å². The summed E-state index contributed by atoms with van der Waals surface area (Å²) in [5, 5.41) is 6.09. The predicted molar refractivity (Wildman–Crippen MR) is 89.5 cm³/mol. The zero-order valence-corrected chi connectivity index (χ0v) is 14.2. The number of nitrogens with one attached hydrogen (secondary N) is 2. The maximum atomic E-state index is 13.4. The maximum Gasteiger partial charge on any atom is 0.191 e. The van der Waals surface area contributed by atoms with Gasteiger partial charge in [0.1, 0.15) is 11.6 Å². The van der Waals surface area contributed by atoms with Gasteiger partial charge >= 0.3 is 0 Å². The van der Waals surface area contributed by atoms with E-state index in [1.807, 2.05) is 0 Å². The van der Waals surface area contributed by atoms with E-state index in [2.05, 4.69) is 22.5 Å². The summed E-state index contributed by atoms with van der Waals surface area (Å²) in [5.41, 5.74) is 0.288. The molecule has 0 bridgehead atoms. The van der Waals surface area contributed by atoms with Crippen LogP contribution in [0.3, 0.4) is 0 Å². The van der Waals surface area contributed by atoms with Gasteiger partial charge in [0, 0.05) is 25.7 Å². The molecule has 0 saturated heterocycles. The Kier molecular flexibility index (Phi) is 10.3. The molecule has 1 rings (SSSR count). The molecule has 0 unspecified atom stereocenters. The van der Waals surface area contributed by atoms with Gasteiger partial charge in [0.15, 0.2) is 5.96 Å². The van der Waals surface area contributed by atoms with Gasteiger partial charge in [-0.2, -0.15) is 0 Å². The summed E-state index contributed by atoms with van der Waals surface area (Å²) in [6, 6.07) is 3.42. The van der Waals surface area contributed by atoms with Crippen LogP contribution in [0.1, 0.15) is 31.7 Å². The fourth-order valence-corrected chi connectivity index (χ4v) is 1.66. The Balaban J connectivity index is 0.00000361. The highest BCUT2D eigenvalue weighted by molar-refractivity contribution is 14.0. The Morgan fingerprint density at radius 1 is 1.20 bits per heavy atom. The molecule has 114 valence electrons. The molecule has 0 aliphatic heterocycles. The van der Waals surface area contributed by atoms with Crippen molar-refractivity contribution in [2.24, 2.45) is 4.99 Å². The van der Waals surface area contributed by atoms with Gasteiger partial charge in [-0.25, -0.2) is 8.78 Å². The van der Waals surface area contributed by atoms with Crippen LogP contribution in [0.25, 0.3) is 0 Å². The average Bonchev–Trinajstić information content (AvgIpc) is 2.41. The zero-order valence-electron chi connectivity index (χ0n) is 11.9. The highest BCUT2D eigenvalue weighted by Crippen LogP contribution is 2.08. The van der Waals surface area contributed by atoms with Crippen molar-refractivity contribution in [3.05, 3.63) is 35.4 Å². The number of nitrogens with zero attached hydrogens (tertiary/aromatic N) is 1. The lowest BCUT2D eigenvalue weighted by molar-refractivity contribution is 0.580. The minimum atomic E-state index is -0.441. The summed E-state index contributed by atoms with van der Waals surface area (Å²) >= 11 is 0. The molecule has 0 spiro atoms. The van der Waals surface area contributed by atoms with Crippen LogP contribution < -0.4 is 10.6 Å². The van der Waals surface area contributed by atoms with Crippen molar-refractivity contribution in [1.29, 1.82) is 0 Å². The van der Waals surface area contributed by atoms with E-state index in [1.54, 1.807) is 7.05 Å². The standard InChI is InChI=1S/C14H21F2N3.HI/c1-3-4-5-8-18-14(17-2)19-10-11-9-12(15)6-7-13(11)16;/h6-7,9H,3-5,8,10H2,1-2H3,(H2,17,18,19);1H. The lowest BCUT2D eigenvalue weighted by Crippen LogP contribution is -2.37. The van der Waals surface area contributed by atoms with E-state index < -0.39 is 11.6 Å². The smallest absolute Gasteiger partial charge is 0.191 e. The molecule has 0 atom stereocenters. The van der Waals surface area contributed by atoms with Gasteiger partial charge in [-0.05, 0) is 24.6 Å². The van der Waals surface area contributed by atoms with E-state index >= 15 is 0 Å². The number of unbranched alkanes of at least 4 members (excludes halogenated alkanes) is 2. The van der Waals surface area contributed by atoms with Gasteiger partial charge in [-0.3, -0.25) is 4.99 Å². The first kappa shape index (κ1) is 19.1. The maximum absolute atomic E-state index is 13.4. The number of hydrogen-bond acceptors (Lipinski definition) is 1. The molecule has 1 aromatic carbocycles. The molecule has 6 heteroatoms. The van der Waals surface area contributed by atoms with Gasteiger partial charge in [-0.15, -0.1) is 24.0 Å². The highest BCUT2D eigenvalue weighted by atomic mass is 127. The van der Waals surface area contributed by atoms with Crippen LogP contribution in [-0.4, -0.2) is 19.6 Å². The summed E-state index contributed by atoms with van der Waals surface area (Å²) < 4.78 is 26.4. The van der Waals surface area contributed by atoms with Crippen LogP contribution in [0.4, 0.5) is 8.78 Å². The first-order valence-corrected chi connectivity index (χ1v) is 6.55. The molecule has 0 fully saturated rings. The van der Waals surface area contributed by atoms with Crippen LogP contribution >= 0.6 is 24.0 Å². The van der Waals surface area contributed by atoms with Crippen molar-refractivity contribution in [3.8, 4) is 0 Å². The van der Waals surface area contributed by atoms with Gasteiger partial charge in [0.25, 0.3) is 0 Å². The monoisotopic (exact) mass is 397 g/mol. The molecule has 1 aromatic rings. The van der Waals surface area contributed by atoms with E-state index in [0.29, 0.717) is 5.96 Å². The molecule has 0 radical (unpaired) electrons. The quantitative estimate of drug-likeness (QED) is 0.334. The summed E-state index contributed by atoms with van der Waals surface area (Å²) in [6.45, 7) is 3.16. The van der Waals surface area contributed by atoms with Crippen LogP contribution in [0.2, 0.25) is 0 Å². The number of rotatable bonds is 6. The van der Waals surface area contributed by atoms with Crippen LogP contribution in [0.5, 0.6) is 0 Å². The van der Waals surface area contributed by atoms with Crippen molar-refractivity contribution in [1.82, 2.24) is 10.6 Å². The minimum absolute atomic E-state index is 0. The molecule has 0 aliphatic carbocycles. The van der Waals surface area contributed by atoms with Gasteiger partial charge in [0.2, 0.25) is 0 Å². The highest BCUT2D eigenvalue weighted by Gasteiger charge is 2.04. The lowest BCUT2D eigenvalue weighted by Gasteiger charge is -2.12. The van der Waals surface area contributed by atoms with Crippen molar-refractivity contribution in [2.45, 2.75) is 32.7 Å². The minimum Gasteiger partial charge on any atom is -0.356 e. The first-order chi connectivity index (χ1) is 9.17. The predicted octanol–water partition coefficient (Wildman–Crippen LogP) is 3.44. The number of aliphatic imine (C=N–C) groups is 1. The Bertz CT molecular complexity index is 425. The Morgan fingerprint density at radius 2 is 1.95 bits per heavy atom. The third-order valence-corrected chi connectivity index (χ3v) is 2.75. The number of benzene rings is 1. The lowest BCUT2D eigenvalue weighted by atomic mass is 10.2. The van der Waals surface area contributed by atoms with E-state index in [-0.39, 0.29) is 36.1 Å². The third-order valence-electron chi connectivity index (χ3n) is 2.75. The first-order valence-electron chi connectivity index (χ1n) is 6.55. The zero-order chi connectivity index (χ0) is 14.1. The number of hydrogen-bond donors (Lipinski definition) is 2. The fourth-order valence-electron chi connectivity index (χ4n) is 1.66. The second-order valence-electron chi connectivity index (χ2n) is 4.30. The molecule has 0 aliphatic rings. The molecule has 3 nitrogen and oxygen atoms in total. The van der Waals surface area contributed by atoms with Crippen molar-refractivity contribution in [2.75, 3.05) is 13.6 Å². The Hall–Kier alpha value is -0.920. The van der Waals surface area contributed by atoms with E-state index in [1.165, 1.54) is 6.07 Å². The SMILES string of the molecule is CCCCCNC(=NC)NCc1cc(F)ccc1F.I. The molecular formula is C14H22F2IN3. The number of guanidine groups is 1. The fraction of sp³-hybridized carbons (Fsp3) is 0.500. The molecule has 0 amide bonds.